The highest BCUT2D eigenvalue weighted by Crippen LogP contribution is 2.25. The molecule has 0 saturated carbocycles. The lowest BCUT2D eigenvalue weighted by Gasteiger charge is -2.28. The van der Waals surface area contributed by atoms with Crippen LogP contribution in [0.2, 0.25) is 0 Å². The molecule has 8 nitrogen and oxygen atoms in total. The van der Waals surface area contributed by atoms with Gasteiger partial charge >= 0.3 is 6.09 Å². The van der Waals surface area contributed by atoms with Gasteiger partial charge in [-0.1, -0.05) is 17.3 Å². The predicted octanol–water partition coefficient (Wildman–Crippen LogP) is 2.86. The molecular formula is C22H23N3O5S2. The molecule has 2 heterocycles. The summed E-state index contributed by atoms with van der Waals surface area (Å²) in [6.07, 6.45) is 6.42. The van der Waals surface area contributed by atoms with E-state index in [0.717, 1.165) is 11.3 Å². The van der Waals surface area contributed by atoms with E-state index in [4.69, 9.17) is 15.9 Å². The first-order chi connectivity index (χ1) is 15.4. The van der Waals surface area contributed by atoms with Crippen LogP contribution in [-0.2, 0) is 14.3 Å². The summed E-state index contributed by atoms with van der Waals surface area (Å²) in [6, 6.07) is 7.79. The number of terminal acetylenes is 1. The molecule has 2 N–H and O–H groups in total. The molecule has 3 amide bonds. The molecular weight excluding hydrogens is 450 g/mol. The van der Waals surface area contributed by atoms with Crippen molar-refractivity contribution in [1.82, 2.24) is 5.32 Å². The van der Waals surface area contributed by atoms with Crippen LogP contribution >= 0.6 is 23.1 Å². The number of aryl methyl sites for hydroxylation is 1. The zero-order chi connectivity index (χ0) is 23.1. The molecule has 1 aromatic carbocycles. The first-order valence-electron chi connectivity index (χ1n) is 9.74. The van der Waals surface area contributed by atoms with E-state index in [-0.39, 0.29) is 18.4 Å². The lowest BCUT2D eigenvalue weighted by atomic mass is 10.1. The van der Waals surface area contributed by atoms with Gasteiger partial charge in [0.05, 0.1) is 11.5 Å². The number of nitrogens with zero attached hydrogens (tertiary/aromatic N) is 1. The number of thioether (sulfide) groups is 1. The quantitative estimate of drug-likeness (QED) is 0.601. The highest BCUT2D eigenvalue weighted by atomic mass is 32.2. The average Bonchev–Trinajstić information content (AvgIpc) is 3.21. The Balaban J connectivity index is 1.63. The molecule has 2 aromatic rings. The summed E-state index contributed by atoms with van der Waals surface area (Å²) in [5.74, 6) is 2.36. The van der Waals surface area contributed by atoms with Crippen LogP contribution in [0.5, 0.6) is 5.06 Å². The highest BCUT2D eigenvalue weighted by Gasteiger charge is 2.24. The molecule has 1 aliphatic rings. The predicted molar refractivity (Wildman–Crippen MR) is 127 cm³/mol. The smallest absolute Gasteiger partial charge is 0.399 e. The molecule has 0 aliphatic carbocycles. The van der Waals surface area contributed by atoms with Crippen molar-refractivity contribution in [2.45, 2.75) is 13.0 Å². The molecule has 1 fully saturated rings. The van der Waals surface area contributed by atoms with E-state index in [1.807, 2.05) is 13.2 Å². The third kappa shape index (κ3) is 6.03. The van der Waals surface area contributed by atoms with Crippen LogP contribution in [0.4, 0.5) is 16.2 Å². The van der Waals surface area contributed by atoms with Crippen molar-refractivity contribution in [1.29, 1.82) is 0 Å². The minimum absolute atomic E-state index is 0.0611. The minimum Gasteiger partial charge on any atom is -0.399 e. The monoisotopic (exact) mass is 473 g/mol. The summed E-state index contributed by atoms with van der Waals surface area (Å²) >= 11 is 2.58. The van der Waals surface area contributed by atoms with E-state index in [1.165, 1.54) is 23.1 Å². The molecule has 1 aromatic heterocycles. The van der Waals surface area contributed by atoms with E-state index in [0.29, 0.717) is 34.5 Å². The van der Waals surface area contributed by atoms with Crippen molar-refractivity contribution in [2.24, 2.45) is 0 Å². The Labute approximate surface area is 194 Å². The lowest BCUT2D eigenvalue weighted by molar-refractivity contribution is -0.125. The maximum absolute atomic E-state index is 12.8. The normalized spacial score (nSPS) is 14.4. The Morgan fingerprint density at radius 2 is 2.19 bits per heavy atom. The summed E-state index contributed by atoms with van der Waals surface area (Å²) < 4.78 is 10.4. The van der Waals surface area contributed by atoms with Crippen LogP contribution < -0.4 is 20.3 Å². The SMILES string of the molecule is C#Cc1ccc(OC(=O)NC(CSC)C(=O)Nc2ccc(N3CCOCC3=O)c(C)c2)s1. The summed E-state index contributed by atoms with van der Waals surface area (Å²) in [7, 11) is 0. The Kier molecular flexibility index (Phi) is 8.16. The average molecular weight is 474 g/mol. The van der Waals surface area contributed by atoms with Gasteiger partial charge in [-0.15, -0.1) is 6.42 Å². The lowest BCUT2D eigenvalue weighted by Crippen LogP contribution is -2.46. The first-order valence-corrected chi connectivity index (χ1v) is 12.0. The third-order valence-corrected chi connectivity index (χ3v) is 6.16. The molecule has 0 spiro atoms. The van der Waals surface area contributed by atoms with Crippen LogP contribution in [0.25, 0.3) is 0 Å². The van der Waals surface area contributed by atoms with Crippen molar-refractivity contribution < 1.29 is 23.9 Å². The van der Waals surface area contributed by atoms with E-state index in [2.05, 4.69) is 16.6 Å². The third-order valence-electron chi connectivity index (χ3n) is 4.60. The van der Waals surface area contributed by atoms with Crippen LogP contribution in [-0.4, -0.2) is 55.7 Å². The highest BCUT2D eigenvalue weighted by molar-refractivity contribution is 7.98. The Morgan fingerprint density at radius 1 is 1.38 bits per heavy atom. The molecule has 1 atom stereocenters. The zero-order valence-electron chi connectivity index (χ0n) is 17.7. The van der Waals surface area contributed by atoms with Gasteiger partial charge in [-0.05, 0) is 49.1 Å². The number of hydrogen-bond donors (Lipinski definition) is 2. The van der Waals surface area contributed by atoms with Gasteiger partial charge in [0, 0.05) is 23.7 Å². The first kappa shape index (κ1) is 23.7. The number of rotatable bonds is 7. The molecule has 1 aliphatic heterocycles. The molecule has 1 unspecified atom stereocenters. The topological polar surface area (TPSA) is 97.0 Å². The Hall–Kier alpha value is -3.00. The van der Waals surface area contributed by atoms with Gasteiger partial charge < -0.3 is 25.0 Å². The summed E-state index contributed by atoms with van der Waals surface area (Å²) in [5.41, 5.74) is 2.19. The molecule has 0 radical (unpaired) electrons. The number of carbonyl (C=O) groups is 3. The number of carbonyl (C=O) groups excluding carboxylic acids is 3. The number of morpholine rings is 1. The van der Waals surface area contributed by atoms with Gasteiger partial charge in [0.25, 0.3) is 5.91 Å². The van der Waals surface area contributed by atoms with E-state index in [9.17, 15) is 14.4 Å². The molecule has 0 bridgehead atoms. The van der Waals surface area contributed by atoms with E-state index in [1.54, 1.807) is 35.2 Å². The molecule has 3 rings (SSSR count). The zero-order valence-corrected chi connectivity index (χ0v) is 19.3. The van der Waals surface area contributed by atoms with Gasteiger partial charge in [0.1, 0.15) is 12.6 Å². The van der Waals surface area contributed by atoms with E-state index < -0.39 is 12.1 Å². The molecule has 168 valence electrons. The van der Waals surface area contributed by atoms with Crippen molar-refractivity contribution in [3.05, 3.63) is 40.8 Å². The number of thiophene rings is 1. The van der Waals surface area contributed by atoms with E-state index >= 15 is 0 Å². The van der Waals surface area contributed by atoms with Crippen LogP contribution in [0.1, 0.15) is 10.4 Å². The van der Waals surface area contributed by atoms with Crippen LogP contribution in [0, 0.1) is 19.3 Å². The number of benzene rings is 1. The molecule has 32 heavy (non-hydrogen) atoms. The maximum atomic E-state index is 12.8. The standard InChI is InChI=1S/C22H23N3O5S2/c1-4-16-6-8-20(32-16)30-22(28)24-17(13-31-3)21(27)23-15-5-7-18(14(2)11-15)25-9-10-29-12-19(25)26/h1,5-8,11,17H,9-10,12-13H2,2-3H3,(H,23,27)(H,24,28). The summed E-state index contributed by atoms with van der Waals surface area (Å²) in [6.45, 7) is 2.90. The van der Waals surface area contributed by atoms with Gasteiger partial charge in [-0.25, -0.2) is 4.79 Å². The molecule has 10 heteroatoms. The molecule has 1 saturated heterocycles. The van der Waals surface area contributed by atoms with Gasteiger partial charge in [-0.3, -0.25) is 9.59 Å². The second-order valence-electron chi connectivity index (χ2n) is 6.89. The number of hydrogen-bond acceptors (Lipinski definition) is 7. The Morgan fingerprint density at radius 3 is 2.84 bits per heavy atom. The second-order valence-corrected chi connectivity index (χ2v) is 8.85. The van der Waals surface area contributed by atoms with Crippen LogP contribution in [0.15, 0.2) is 30.3 Å². The fourth-order valence-corrected chi connectivity index (χ4v) is 4.34. The minimum atomic E-state index is -0.801. The van der Waals surface area contributed by atoms with Crippen LogP contribution in [0.3, 0.4) is 0 Å². The van der Waals surface area contributed by atoms with Gasteiger partial charge in [0.2, 0.25) is 5.91 Å². The second kappa shape index (κ2) is 11.0. The van der Waals surface area contributed by atoms with Gasteiger partial charge in [-0.2, -0.15) is 11.8 Å². The van der Waals surface area contributed by atoms with Crippen molar-refractivity contribution >= 4 is 52.4 Å². The number of anilines is 2. The maximum Gasteiger partial charge on any atom is 0.414 e. The van der Waals surface area contributed by atoms with Gasteiger partial charge in [0.15, 0.2) is 5.06 Å². The van der Waals surface area contributed by atoms with Crippen molar-refractivity contribution in [3.8, 4) is 17.4 Å². The summed E-state index contributed by atoms with van der Waals surface area (Å²) in [5, 5.41) is 5.76. The largest absolute Gasteiger partial charge is 0.414 e. The number of ether oxygens (including phenoxy) is 2. The van der Waals surface area contributed by atoms with Crippen molar-refractivity contribution in [2.75, 3.05) is 42.0 Å². The fourth-order valence-electron chi connectivity index (χ4n) is 3.10. The Bertz CT molecular complexity index is 1050. The summed E-state index contributed by atoms with van der Waals surface area (Å²) in [4.78, 5) is 39.4. The number of nitrogens with one attached hydrogen (secondary N) is 2. The fraction of sp³-hybridized carbons (Fsp3) is 0.318. The number of amides is 3. The van der Waals surface area contributed by atoms with Crippen molar-refractivity contribution in [3.63, 3.8) is 0 Å².